The number of nitrogens with one attached hydrogen (secondary N) is 2. The summed E-state index contributed by atoms with van der Waals surface area (Å²) in [5.41, 5.74) is 3.12. The number of carbonyl (C=O) groups excluding carboxylic acids is 1. The maximum atomic E-state index is 12.0. The lowest BCUT2D eigenvalue weighted by Gasteiger charge is -2.09. The number of methoxy groups -OCH3 is 1. The second-order valence-corrected chi connectivity index (χ2v) is 6.67. The number of rotatable bonds is 9. The predicted octanol–water partition coefficient (Wildman–Crippen LogP) is 2.45. The average molecular weight is 394 g/mol. The fourth-order valence-corrected chi connectivity index (χ4v) is 2.84. The van der Waals surface area contributed by atoms with Crippen LogP contribution in [0.25, 0.3) is 5.82 Å². The Bertz CT molecular complexity index is 952. The average Bonchev–Trinajstić information content (AvgIpc) is 3.09. The first-order valence-corrected chi connectivity index (χ1v) is 9.53. The van der Waals surface area contributed by atoms with E-state index in [0.717, 1.165) is 28.5 Å². The van der Waals surface area contributed by atoms with Gasteiger partial charge in [0.1, 0.15) is 30.0 Å². The van der Waals surface area contributed by atoms with Crippen LogP contribution in [-0.4, -0.2) is 45.6 Å². The number of benzene rings is 1. The van der Waals surface area contributed by atoms with E-state index in [-0.39, 0.29) is 5.91 Å². The summed E-state index contributed by atoms with van der Waals surface area (Å²) in [7, 11) is 1.64. The Morgan fingerprint density at radius 2 is 1.90 bits per heavy atom. The van der Waals surface area contributed by atoms with Gasteiger partial charge in [0.2, 0.25) is 5.91 Å². The van der Waals surface area contributed by atoms with Gasteiger partial charge < -0.3 is 15.4 Å². The molecule has 152 valence electrons. The van der Waals surface area contributed by atoms with E-state index in [4.69, 9.17) is 4.74 Å². The van der Waals surface area contributed by atoms with Crippen LogP contribution in [0.3, 0.4) is 0 Å². The number of ether oxygens (including phenoxy) is 1. The second kappa shape index (κ2) is 9.68. The number of anilines is 1. The van der Waals surface area contributed by atoms with Crippen LogP contribution in [0.4, 0.5) is 5.82 Å². The maximum Gasteiger partial charge on any atom is 0.220 e. The van der Waals surface area contributed by atoms with E-state index in [2.05, 4.69) is 25.6 Å². The molecule has 1 aromatic carbocycles. The van der Waals surface area contributed by atoms with E-state index in [9.17, 15) is 4.79 Å². The Morgan fingerprint density at radius 3 is 2.59 bits per heavy atom. The van der Waals surface area contributed by atoms with Gasteiger partial charge >= 0.3 is 0 Å². The van der Waals surface area contributed by atoms with E-state index in [1.807, 2.05) is 48.7 Å². The third kappa shape index (κ3) is 5.54. The Kier molecular flexibility index (Phi) is 6.78. The molecular weight excluding hydrogens is 368 g/mol. The quantitative estimate of drug-likeness (QED) is 0.542. The predicted molar refractivity (Wildman–Crippen MR) is 111 cm³/mol. The molecule has 2 N–H and O–H groups in total. The van der Waals surface area contributed by atoms with Crippen molar-refractivity contribution >= 4 is 11.7 Å². The minimum atomic E-state index is 0.0236. The van der Waals surface area contributed by atoms with Gasteiger partial charge in [-0.2, -0.15) is 0 Å². The summed E-state index contributed by atoms with van der Waals surface area (Å²) in [6, 6.07) is 9.62. The summed E-state index contributed by atoms with van der Waals surface area (Å²) in [5.74, 6) is 2.29. The van der Waals surface area contributed by atoms with Gasteiger partial charge in [-0.1, -0.05) is 12.1 Å². The molecule has 0 radical (unpaired) electrons. The normalized spacial score (nSPS) is 10.6. The van der Waals surface area contributed by atoms with Crippen LogP contribution in [0.2, 0.25) is 0 Å². The van der Waals surface area contributed by atoms with Crippen LogP contribution < -0.4 is 15.4 Å². The van der Waals surface area contributed by atoms with E-state index < -0.39 is 0 Å². The smallest absolute Gasteiger partial charge is 0.220 e. The summed E-state index contributed by atoms with van der Waals surface area (Å²) in [6.45, 7) is 5.05. The number of hydrogen-bond acceptors (Lipinski definition) is 6. The Balaban J connectivity index is 1.41. The Labute approximate surface area is 170 Å². The van der Waals surface area contributed by atoms with Gasteiger partial charge in [0, 0.05) is 31.3 Å². The van der Waals surface area contributed by atoms with Crippen molar-refractivity contribution in [3.05, 3.63) is 59.9 Å². The molecule has 0 aliphatic heterocycles. The van der Waals surface area contributed by atoms with Gasteiger partial charge in [0.15, 0.2) is 0 Å². The van der Waals surface area contributed by atoms with Gasteiger partial charge in [0.05, 0.1) is 12.8 Å². The summed E-state index contributed by atoms with van der Waals surface area (Å²) in [6.07, 6.45) is 4.41. The molecule has 0 saturated carbocycles. The number of aromatic nitrogens is 4. The molecule has 0 saturated heterocycles. The lowest BCUT2D eigenvalue weighted by Crippen LogP contribution is -2.29. The zero-order valence-electron chi connectivity index (χ0n) is 17.0. The van der Waals surface area contributed by atoms with Crippen LogP contribution in [0.1, 0.15) is 23.4 Å². The molecule has 0 bridgehead atoms. The van der Waals surface area contributed by atoms with Crippen LogP contribution in [0, 0.1) is 13.8 Å². The zero-order valence-corrected chi connectivity index (χ0v) is 17.0. The van der Waals surface area contributed by atoms with Crippen molar-refractivity contribution in [3.63, 3.8) is 0 Å². The third-order valence-electron chi connectivity index (χ3n) is 4.70. The van der Waals surface area contributed by atoms with Gasteiger partial charge in [0.25, 0.3) is 0 Å². The van der Waals surface area contributed by atoms with Gasteiger partial charge in [-0.25, -0.2) is 15.0 Å². The second-order valence-electron chi connectivity index (χ2n) is 6.67. The van der Waals surface area contributed by atoms with E-state index >= 15 is 0 Å². The van der Waals surface area contributed by atoms with Crippen molar-refractivity contribution in [2.45, 2.75) is 26.7 Å². The topological polar surface area (TPSA) is 94.0 Å². The molecule has 0 fully saturated rings. The number of carbonyl (C=O) groups is 1. The van der Waals surface area contributed by atoms with Gasteiger partial charge in [-0.15, -0.1) is 0 Å². The van der Waals surface area contributed by atoms with E-state index in [0.29, 0.717) is 31.7 Å². The maximum absolute atomic E-state index is 12.0. The van der Waals surface area contributed by atoms with Gasteiger partial charge in [-0.3, -0.25) is 9.36 Å². The first-order chi connectivity index (χ1) is 14.1. The van der Waals surface area contributed by atoms with Gasteiger partial charge in [-0.05, 0) is 38.0 Å². The van der Waals surface area contributed by atoms with Crippen LogP contribution in [0.15, 0.2) is 43.0 Å². The Morgan fingerprint density at radius 1 is 1.10 bits per heavy atom. The van der Waals surface area contributed by atoms with Crippen molar-refractivity contribution in [2.75, 3.05) is 25.5 Å². The van der Waals surface area contributed by atoms with E-state index in [1.54, 1.807) is 13.4 Å². The lowest BCUT2D eigenvalue weighted by molar-refractivity contribution is -0.120. The summed E-state index contributed by atoms with van der Waals surface area (Å²) >= 11 is 0. The van der Waals surface area contributed by atoms with Crippen LogP contribution >= 0.6 is 0 Å². The number of hydrogen-bond donors (Lipinski definition) is 2. The molecule has 1 amide bonds. The fourth-order valence-electron chi connectivity index (χ4n) is 2.84. The minimum Gasteiger partial charge on any atom is -0.497 e. The molecule has 8 heteroatoms. The molecule has 0 spiro atoms. The SMILES string of the molecule is COc1ccc(CCC(=O)NCCNc2cc(-n3cnc(C)c3C)ncn2)cc1. The first-order valence-electron chi connectivity index (χ1n) is 9.53. The van der Waals surface area contributed by atoms with Crippen molar-refractivity contribution in [2.24, 2.45) is 0 Å². The molecule has 2 heterocycles. The molecule has 0 aliphatic rings. The first kappa shape index (κ1) is 20.3. The van der Waals surface area contributed by atoms with Crippen molar-refractivity contribution in [1.29, 1.82) is 0 Å². The van der Waals surface area contributed by atoms with Crippen molar-refractivity contribution in [3.8, 4) is 11.6 Å². The molecule has 29 heavy (non-hydrogen) atoms. The van der Waals surface area contributed by atoms with Crippen LogP contribution in [-0.2, 0) is 11.2 Å². The van der Waals surface area contributed by atoms with E-state index in [1.165, 1.54) is 6.33 Å². The summed E-state index contributed by atoms with van der Waals surface area (Å²) in [4.78, 5) is 24.9. The molecule has 8 nitrogen and oxygen atoms in total. The summed E-state index contributed by atoms with van der Waals surface area (Å²) < 4.78 is 7.06. The number of aryl methyl sites for hydroxylation is 2. The highest BCUT2D eigenvalue weighted by molar-refractivity contribution is 5.76. The Hall–Kier alpha value is -3.42. The zero-order chi connectivity index (χ0) is 20.6. The monoisotopic (exact) mass is 394 g/mol. The lowest BCUT2D eigenvalue weighted by atomic mass is 10.1. The highest BCUT2D eigenvalue weighted by atomic mass is 16.5. The van der Waals surface area contributed by atoms with Crippen LogP contribution in [0.5, 0.6) is 5.75 Å². The number of nitrogens with zero attached hydrogens (tertiary/aromatic N) is 4. The molecule has 0 unspecified atom stereocenters. The third-order valence-corrected chi connectivity index (χ3v) is 4.70. The number of amides is 1. The minimum absolute atomic E-state index is 0.0236. The molecule has 3 aromatic rings. The summed E-state index contributed by atoms with van der Waals surface area (Å²) in [5, 5.41) is 6.13. The standard InChI is InChI=1S/C21H26N6O2/c1-15-16(2)27(14-26-15)20-12-19(24-13-25-20)22-10-11-23-21(28)9-6-17-4-7-18(29-3)8-5-17/h4-5,7-8,12-14H,6,9-11H2,1-3H3,(H,23,28)(H,22,24,25). The highest BCUT2D eigenvalue weighted by Crippen LogP contribution is 2.14. The van der Waals surface area contributed by atoms with Crippen molar-refractivity contribution < 1.29 is 9.53 Å². The largest absolute Gasteiger partial charge is 0.497 e. The molecule has 0 atom stereocenters. The van der Waals surface area contributed by atoms with Crippen molar-refractivity contribution in [1.82, 2.24) is 24.8 Å². The molecular formula is C21H26N6O2. The molecule has 3 rings (SSSR count). The highest BCUT2D eigenvalue weighted by Gasteiger charge is 2.07. The fraction of sp³-hybridized carbons (Fsp3) is 0.333. The molecule has 2 aromatic heterocycles. The molecule has 0 aliphatic carbocycles. The number of imidazole rings is 1.